The average Bonchev–Trinajstić information content (AvgIpc) is 3.30. The van der Waals surface area contributed by atoms with Crippen molar-refractivity contribution in [3.05, 3.63) is 96.6 Å². The second-order valence-corrected chi connectivity index (χ2v) is 43.8. The second-order valence-electron chi connectivity index (χ2n) is 25.2. The number of hydrogen-bond acceptors (Lipinski definition) is 7. The Labute approximate surface area is 433 Å². The van der Waals surface area contributed by atoms with Crippen LogP contribution in [0, 0.1) is 29.6 Å². The van der Waals surface area contributed by atoms with Crippen LogP contribution in [0.3, 0.4) is 0 Å². The van der Waals surface area contributed by atoms with Gasteiger partial charge < -0.3 is 27.5 Å². The lowest BCUT2D eigenvalue weighted by Gasteiger charge is -2.48. The molecule has 9 atom stereocenters. The minimum absolute atomic E-state index is 0.00545. The molecular weight excluding hydrogens is 933 g/mol. The van der Waals surface area contributed by atoms with E-state index in [2.05, 4.69) is 210 Å². The fourth-order valence-corrected chi connectivity index (χ4v) is 20.0. The van der Waals surface area contributed by atoms with Crippen molar-refractivity contribution in [3.8, 4) is 0 Å². The molecular formula is C59H102O7Si4. The molecule has 0 aliphatic rings. The number of carbonyl (C=O) groups is 1. The van der Waals surface area contributed by atoms with Crippen LogP contribution in [0.15, 0.2) is 91.0 Å². The number of benzene rings is 3. The molecule has 0 aliphatic heterocycles. The third kappa shape index (κ3) is 15.7. The maximum absolute atomic E-state index is 14.7. The zero-order chi connectivity index (χ0) is 53.1. The smallest absolute Gasteiger partial charge is 0.261 e. The van der Waals surface area contributed by atoms with Crippen LogP contribution in [0.5, 0.6) is 0 Å². The van der Waals surface area contributed by atoms with Gasteiger partial charge in [0.1, 0.15) is 5.78 Å². The van der Waals surface area contributed by atoms with E-state index < -0.39 is 51.4 Å². The van der Waals surface area contributed by atoms with Crippen LogP contribution < -0.4 is 10.4 Å². The van der Waals surface area contributed by atoms with Gasteiger partial charge in [-0.05, 0) is 75.4 Å². The molecule has 0 saturated carbocycles. The molecule has 70 heavy (non-hydrogen) atoms. The number of Topliss-reactive ketones (excluding diaryl/α,β-unsaturated/α-hetero) is 1. The Bertz CT molecular complexity index is 1920. The van der Waals surface area contributed by atoms with Gasteiger partial charge in [0.05, 0.1) is 31.0 Å². The predicted molar refractivity (Wildman–Crippen MR) is 307 cm³/mol. The van der Waals surface area contributed by atoms with E-state index in [-0.39, 0.29) is 63.2 Å². The Morgan fingerprint density at radius 1 is 0.543 bits per heavy atom. The summed E-state index contributed by atoms with van der Waals surface area (Å²) in [5.41, 5.74) is 1.06. The summed E-state index contributed by atoms with van der Waals surface area (Å²) < 4.78 is 36.4. The first-order chi connectivity index (χ1) is 32.3. The predicted octanol–water partition coefficient (Wildman–Crippen LogP) is 14.5. The summed E-state index contributed by atoms with van der Waals surface area (Å²) in [6, 6.07) is 34.8. The van der Waals surface area contributed by atoms with Gasteiger partial charge in [-0.2, -0.15) is 0 Å². The number of ketones is 1. The molecule has 3 rings (SSSR count). The van der Waals surface area contributed by atoms with Gasteiger partial charge in [-0.3, -0.25) is 4.79 Å². The topological polar surface area (TPSA) is 83.5 Å². The van der Waals surface area contributed by atoms with Crippen molar-refractivity contribution in [2.75, 3.05) is 13.2 Å². The van der Waals surface area contributed by atoms with Crippen molar-refractivity contribution >= 4 is 49.4 Å². The SMILES string of the molecule is CC[Si](CC)(CC)O[C@H]([C@@H](C)[C@@H](O[Si](C)(C)C(C)(C)C)[C@H](C)CO[Si](c1ccccc1)(c1ccccc1)C(C)(C)C)[C@@H](C)[C@@H](O)CC(=O)[C@@H](C)[C@H](OCc1ccccc1)[C@@H](C)CO[Si](C)(C)C(C)(C)C. The van der Waals surface area contributed by atoms with Crippen molar-refractivity contribution in [2.45, 2.75) is 215 Å². The van der Waals surface area contributed by atoms with Gasteiger partial charge in [0.2, 0.25) is 0 Å². The second kappa shape index (κ2) is 25.9. The lowest BCUT2D eigenvalue weighted by molar-refractivity contribution is -0.134. The summed E-state index contributed by atoms with van der Waals surface area (Å²) in [5, 5.41) is 14.9. The van der Waals surface area contributed by atoms with Crippen LogP contribution in [-0.2, 0) is 33.8 Å². The molecule has 3 aromatic rings. The first-order valence-electron chi connectivity index (χ1n) is 27.0. The minimum atomic E-state index is -2.87. The minimum Gasteiger partial charge on any atom is -0.416 e. The number of aliphatic hydroxyl groups excluding tert-OH is 1. The van der Waals surface area contributed by atoms with Gasteiger partial charge in [0.15, 0.2) is 25.0 Å². The van der Waals surface area contributed by atoms with Gasteiger partial charge in [0, 0.05) is 49.2 Å². The lowest BCUT2D eigenvalue weighted by atomic mass is 9.80. The number of ether oxygens (including phenoxy) is 1. The van der Waals surface area contributed by atoms with Crippen molar-refractivity contribution in [3.63, 3.8) is 0 Å². The van der Waals surface area contributed by atoms with E-state index in [1.54, 1.807) is 0 Å². The van der Waals surface area contributed by atoms with Crippen LogP contribution in [-0.4, -0.2) is 81.8 Å². The highest BCUT2D eigenvalue weighted by Crippen LogP contribution is 2.43. The largest absolute Gasteiger partial charge is 0.416 e. The summed E-state index contributed by atoms with van der Waals surface area (Å²) >= 11 is 0. The first kappa shape index (κ1) is 62.3. The molecule has 0 unspecified atom stereocenters. The molecule has 3 aromatic carbocycles. The Morgan fingerprint density at radius 2 is 0.971 bits per heavy atom. The van der Waals surface area contributed by atoms with Gasteiger partial charge >= 0.3 is 0 Å². The van der Waals surface area contributed by atoms with Gasteiger partial charge in [-0.1, -0.05) is 209 Å². The molecule has 0 heterocycles. The third-order valence-corrected chi connectivity index (χ3v) is 35.6. The molecule has 0 saturated heterocycles. The number of rotatable bonds is 28. The highest BCUT2D eigenvalue weighted by molar-refractivity contribution is 6.99. The van der Waals surface area contributed by atoms with E-state index >= 15 is 0 Å². The normalized spacial score (nSPS) is 17.5. The van der Waals surface area contributed by atoms with Crippen molar-refractivity contribution in [2.24, 2.45) is 29.6 Å². The van der Waals surface area contributed by atoms with Crippen LogP contribution in [0.2, 0.25) is 59.4 Å². The third-order valence-electron chi connectivity index (χ3n) is 17.0. The molecule has 396 valence electrons. The molecule has 1 N–H and O–H groups in total. The van der Waals surface area contributed by atoms with Crippen LogP contribution in [0.25, 0.3) is 0 Å². The van der Waals surface area contributed by atoms with E-state index in [9.17, 15) is 9.90 Å². The molecule has 0 fully saturated rings. The molecule has 0 aliphatic carbocycles. The molecule has 0 radical (unpaired) electrons. The number of hydrogen-bond donors (Lipinski definition) is 1. The fourth-order valence-electron chi connectivity index (χ4n) is 9.74. The maximum Gasteiger partial charge on any atom is 0.261 e. The first-order valence-corrected chi connectivity index (χ1v) is 37.2. The summed E-state index contributed by atoms with van der Waals surface area (Å²) in [7, 11) is -9.57. The van der Waals surface area contributed by atoms with Crippen molar-refractivity contribution < 1.29 is 32.3 Å². The van der Waals surface area contributed by atoms with E-state index in [0.29, 0.717) is 19.8 Å². The highest BCUT2D eigenvalue weighted by Gasteiger charge is 2.52. The van der Waals surface area contributed by atoms with Gasteiger partial charge in [-0.15, -0.1) is 0 Å². The van der Waals surface area contributed by atoms with E-state index in [1.807, 2.05) is 25.1 Å². The molecule has 7 nitrogen and oxygen atoms in total. The Hall–Kier alpha value is -2.04. The summed E-state index contributed by atoms with van der Waals surface area (Å²) in [4.78, 5) is 14.7. The zero-order valence-corrected chi connectivity index (χ0v) is 52.2. The molecule has 11 heteroatoms. The molecule has 0 bridgehead atoms. The van der Waals surface area contributed by atoms with Gasteiger partial charge in [-0.25, -0.2) is 0 Å². The molecule has 0 spiro atoms. The molecule has 0 aromatic heterocycles. The summed E-state index contributed by atoms with van der Waals surface area (Å²) in [6.07, 6.45) is -1.94. The van der Waals surface area contributed by atoms with Gasteiger partial charge in [0.25, 0.3) is 8.32 Å². The van der Waals surface area contributed by atoms with Crippen LogP contribution in [0.1, 0.15) is 130 Å². The quantitative estimate of drug-likeness (QED) is 0.0726. The average molecular weight is 1040 g/mol. The Morgan fingerprint density at radius 3 is 1.40 bits per heavy atom. The van der Waals surface area contributed by atoms with Crippen LogP contribution >= 0.6 is 0 Å². The van der Waals surface area contributed by atoms with Crippen LogP contribution in [0.4, 0.5) is 0 Å². The monoisotopic (exact) mass is 1030 g/mol. The standard InChI is InChI=1S/C59H102O7Si4/c1-22-69(23-2,24-3)66-56(47(7)53(61)40-52(60)46(6)54(62-43-49-34-28-25-29-35-49)44(4)41-63-67(18,19)57(9,10)11)48(8)55(65-68(20,21)58(12,13)14)45(5)42-64-70(59(15,16)17,50-36-30-26-31-37-50)51-38-32-27-33-39-51/h25-39,44-48,53-56,61H,22-24,40-43H2,1-21H3/t44-,45+,46+,47-,48-,53-,54+,55-,56-/m0/s1. The van der Waals surface area contributed by atoms with E-state index in [4.69, 9.17) is 22.4 Å². The Kier molecular flexibility index (Phi) is 23.1. The highest BCUT2D eigenvalue weighted by atomic mass is 28.4. The van der Waals surface area contributed by atoms with Crippen molar-refractivity contribution in [1.82, 2.24) is 0 Å². The van der Waals surface area contributed by atoms with Crippen molar-refractivity contribution in [1.29, 1.82) is 0 Å². The lowest BCUT2D eigenvalue weighted by Crippen LogP contribution is -2.67. The molecule has 0 amide bonds. The van der Waals surface area contributed by atoms with E-state index in [1.165, 1.54) is 10.4 Å². The fraction of sp³-hybridized carbons (Fsp3) is 0.678. The number of aliphatic hydroxyl groups is 1. The summed E-state index contributed by atoms with van der Waals surface area (Å²) in [5.74, 6) is -1.04. The van der Waals surface area contributed by atoms with E-state index in [0.717, 1.165) is 23.7 Å². The Balaban J connectivity index is 2.10. The summed E-state index contributed by atoms with van der Waals surface area (Å²) in [6.45, 7) is 48.9. The maximum atomic E-state index is 14.7. The number of carbonyl (C=O) groups excluding carboxylic acids is 1. The zero-order valence-electron chi connectivity index (χ0n) is 48.2.